The third-order valence-electron chi connectivity index (χ3n) is 4.74. The number of rotatable bonds is 1. The standard InChI is InChI=1S/C22H12BrCl/c23-21-10-8-15(24)12-19(21)14-7-9-16-17-5-1-3-13-4-2-6-18(22(13)17)20(16)11-14/h1-12H. The zero-order valence-corrected chi connectivity index (χ0v) is 15.0. The van der Waals surface area contributed by atoms with Crippen LogP contribution in [0.25, 0.3) is 44.2 Å². The summed E-state index contributed by atoms with van der Waals surface area (Å²) in [4.78, 5) is 0. The lowest BCUT2D eigenvalue weighted by Gasteiger charge is -2.09. The predicted molar refractivity (Wildman–Crippen MR) is 107 cm³/mol. The van der Waals surface area contributed by atoms with Crippen molar-refractivity contribution in [3.63, 3.8) is 0 Å². The van der Waals surface area contributed by atoms with Gasteiger partial charge < -0.3 is 0 Å². The molecule has 0 radical (unpaired) electrons. The van der Waals surface area contributed by atoms with Gasteiger partial charge in [0.05, 0.1) is 0 Å². The first-order valence-electron chi connectivity index (χ1n) is 7.84. The molecule has 1 aliphatic rings. The molecule has 1 aliphatic carbocycles. The molecular weight excluding hydrogens is 380 g/mol. The Morgan fingerprint density at radius 1 is 0.625 bits per heavy atom. The first-order chi connectivity index (χ1) is 11.7. The lowest BCUT2D eigenvalue weighted by molar-refractivity contribution is 1.58. The average Bonchev–Trinajstić information content (AvgIpc) is 2.93. The van der Waals surface area contributed by atoms with Crippen LogP contribution in [0.3, 0.4) is 0 Å². The minimum atomic E-state index is 0.749. The second-order valence-corrected chi connectivity index (χ2v) is 7.38. The normalized spacial score (nSPS) is 11.8. The summed E-state index contributed by atoms with van der Waals surface area (Å²) in [6.07, 6.45) is 0. The molecule has 0 N–H and O–H groups in total. The van der Waals surface area contributed by atoms with Crippen molar-refractivity contribution in [1.29, 1.82) is 0 Å². The summed E-state index contributed by atoms with van der Waals surface area (Å²) in [6.45, 7) is 0. The van der Waals surface area contributed by atoms with Crippen molar-refractivity contribution >= 4 is 38.3 Å². The van der Waals surface area contributed by atoms with E-state index in [4.69, 9.17) is 11.6 Å². The Balaban J connectivity index is 1.80. The molecule has 4 aromatic rings. The van der Waals surface area contributed by atoms with Gasteiger partial charge >= 0.3 is 0 Å². The van der Waals surface area contributed by atoms with Gasteiger partial charge in [-0.25, -0.2) is 0 Å². The summed E-state index contributed by atoms with van der Waals surface area (Å²) in [5.74, 6) is 0. The molecule has 4 aromatic carbocycles. The van der Waals surface area contributed by atoms with Crippen LogP contribution in [0.1, 0.15) is 0 Å². The minimum Gasteiger partial charge on any atom is -0.0843 e. The molecule has 0 saturated heterocycles. The molecule has 0 heterocycles. The predicted octanol–water partition coefficient (Wildman–Crippen LogP) is 7.57. The highest BCUT2D eigenvalue weighted by Crippen LogP contribution is 2.48. The van der Waals surface area contributed by atoms with Gasteiger partial charge in [-0.2, -0.15) is 0 Å². The molecule has 0 amide bonds. The first kappa shape index (κ1) is 14.3. The molecule has 0 atom stereocenters. The maximum absolute atomic E-state index is 6.20. The van der Waals surface area contributed by atoms with Gasteiger partial charge in [-0.15, -0.1) is 0 Å². The van der Waals surface area contributed by atoms with Crippen molar-refractivity contribution in [3.8, 4) is 33.4 Å². The van der Waals surface area contributed by atoms with E-state index in [0.29, 0.717) is 0 Å². The zero-order valence-electron chi connectivity index (χ0n) is 12.7. The van der Waals surface area contributed by atoms with Crippen LogP contribution in [0.2, 0.25) is 5.02 Å². The topological polar surface area (TPSA) is 0 Å². The van der Waals surface area contributed by atoms with Crippen molar-refractivity contribution < 1.29 is 0 Å². The fraction of sp³-hybridized carbons (Fsp3) is 0. The van der Waals surface area contributed by atoms with Crippen LogP contribution in [-0.4, -0.2) is 0 Å². The summed E-state index contributed by atoms with van der Waals surface area (Å²) in [7, 11) is 0. The van der Waals surface area contributed by atoms with Crippen LogP contribution >= 0.6 is 27.5 Å². The summed E-state index contributed by atoms with van der Waals surface area (Å²) in [6, 6.07) is 25.7. The molecule has 114 valence electrons. The Kier molecular flexibility index (Phi) is 3.09. The summed E-state index contributed by atoms with van der Waals surface area (Å²) in [5.41, 5.74) is 7.55. The highest BCUT2D eigenvalue weighted by Gasteiger charge is 2.21. The number of hydrogen-bond donors (Lipinski definition) is 0. The average molecular weight is 392 g/mol. The fourth-order valence-electron chi connectivity index (χ4n) is 3.68. The second kappa shape index (κ2) is 5.20. The van der Waals surface area contributed by atoms with Gasteiger partial charge in [-0.3, -0.25) is 0 Å². The number of fused-ring (bicyclic) bond motifs is 3. The Hall–Kier alpha value is -2.09. The highest BCUT2D eigenvalue weighted by molar-refractivity contribution is 9.10. The first-order valence-corrected chi connectivity index (χ1v) is 9.01. The van der Waals surface area contributed by atoms with Crippen molar-refractivity contribution in [2.75, 3.05) is 0 Å². The molecular formula is C22H12BrCl. The van der Waals surface area contributed by atoms with Crippen LogP contribution in [0, 0.1) is 0 Å². The van der Waals surface area contributed by atoms with Gasteiger partial charge in [0.15, 0.2) is 0 Å². The van der Waals surface area contributed by atoms with E-state index >= 15 is 0 Å². The maximum atomic E-state index is 6.20. The van der Waals surface area contributed by atoms with E-state index in [1.165, 1.54) is 38.6 Å². The van der Waals surface area contributed by atoms with E-state index in [9.17, 15) is 0 Å². The highest BCUT2D eigenvalue weighted by atomic mass is 79.9. The van der Waals surface area contributed by atoms with Crippen molar-refractivity contribution in [2.24, 2.45) is 0 Å². The van der Waals surface area contributed by atoms with E-state index in [1.807, 2.05) is 18.2 Å². The van der Waals surface area contributed by atoms with E-state index in [1.54, 1.807) is 0 Å². The molecule has 0 spiro atoms. The molecule has 0 fully saturated rings. The molecule has 0 saturated carbocycles. The van der Waals surface area contributed by atoms with Crippen LogP contribution in [-0.2, 0) is 0 Å². The summed E-state index contributed by atoms with van der Waals surface area (Å²) >= 11 is 9.85. The van der Waals surface area contributed by atoms with Crippen molar-refractivity contribution in [3.05, 3.63) is 82.3 Å². The second-order valence-electron chi connectivity index (χ2n) is 6.09. The maximum Gasteiger partial charge on any atom is 0.0412 e. The van der Waals surface area contributed by atoms with Gasteiger partial charge in [-0.1, -0.05) is 76.1 Å². The van der Waals surface area contributed by atoms with Gasteiger partial charge in [0.1, 0.15) is 0 Å². The molecule has 5 rings (SSSR count). The fourth-order valence-corrected chi connectivity index (χ4v) is 4.33. The number of hydrogen-bond acceptors (Lipinski definition) is 0. The SMILES string of the molecule is Clc1ccc(Br)c(-c2ccc3c(c2)-c2cccc4cccc-3c24)c1. The molecule has 0 bridgehead atoms. The zero-order chi connectivity index (χ0) is 16.3. The van der Waals surface area contributed by atoms with Crippen molar-refractivity contribution in [2.45, 2.75) is 0 Å². The third kappa shape index (κ3) is 1.98. The van der Waals surface area contributed by atoms with Gasteiger partial charge in [-0.05, 0) is 68.4 Å². The Bertz CT molecular complexity index is 1120. The molecule has 0 aliphatic heterocycles. The lowest BCUT2D eigenvalue weighted by atomic mass is 9.97. The lowest BCUT2D eigenvalue weighted by Crippen LogP contribution is -1.83. The van der Waals surface area contributed by atoms with Gasteiger partial charge in [0, 0.05) is 9.50 Å². The van der Waals surface area contributed by atoms with Crippen LogP contribution < -0.4 is 0 Å². The molecule has 2 heteroatoms. The Morgan fingerprint density at radius 2 is 1.38 bits per heavy atom. The van der Waals surface area contributed by atoms with E-state index in [2.05, 4.69) is 70.5 Å². The van der Waals surface area contributed by atoms with Crippen LogP contribution in [0.15, 0.2) is 77.3 Å². The summed E-state index contributed by atoms with van der Waals surface area (Å²) in [5, 5.41) is 3.41. The minimum absolute atomic E-state index is 0.749. The molecule has 0 aromatic heterocycles. The van der Waals surface area contributed by atoms with Crippen LogP contribution in [0.5, 0.6) is 0 Å². The number of halogens is 2. The largest absolute Gasteiger partial charge is 0.0843 e. The molecule has 0 unspecified atom stereocenters. The van der Waals surface area contributed by atoms with E-state index in [0.717, 1.165) is 15.1 Å². The quantitative estimate of drug-likeness (QED) is 0.276. The molecule has 24 heavy (non-hydrogen) atoms. The van der Waals surface area contributed by atoms with Crippen LogP contribution in [0.4, 0.5) is 0 Å². The molecule has 0 nitrogen and oxygen atoms in total. The smallest absolute Gasteiger partial charge is 0.0412 e. The Morgan fingerprint density at radius 3 is 2.17 bits per heavy atom. The van der Waals surface area contributed by atoms with E-state index in [-0.39, 0.29) is 0 Å². The summed E-state index contributed by atoms with van der Waals surface area (Å²) < 4.78 is 1.06. The van der Waals surface area contributed by atoms with Gasteiger partial charge in [0.25, 0.3) is 0 Å². The monoisotopic (exact) mass is 390 g/mol. The van der Waals surface area contributed by atoms with Gasteiger partial charge in [0.2, 0.25) is 0 Å². The Labute approximate surface area is 153 Å². The van der Waals surface area contributed by atoms with Crippen molar-refractivity contribution in [1.82, 2.24) is 0 Å². The van der Waals surface area contributed by atoms with E-state index < -0.39 is 0 Å². The third-order valence-corrected chi connectivity index (χ3v) is 5.67. The number of benzene rings is 4.